The molecule has 2 rings (SSSR count). The van der Waals surface area contributed by atoms with Crippen LogP contribution >= 0.6 is 0 Å². The fourth-order valence-corrected chi connectivity index (χ4v) is 2.59. The molecule has 0 aliphatic carbocycles. The fourth-order valence-electron chi connectivity index (χ4n) is 2.59. The van der Waals surface area contributed by atoms with E-state index in [2.05, 4.69) is 40.5 Å². The Balaban J connectivity index is 1.96. The number of hydrogen-bond donors (Lipinski definition) is 2. The van der Waals surface area contributed by atoms with Crippen LogP contribution in [0.3, 0.4) is 0 Å². The van der Waals surface area contributed by atoms with Gasteiger partial charge in [-0.15, -0.1) is 0 Å². The molecule has 0 saturated carbocycles. The van der Waals surface area contributed by atoms with Gasteiger partial charge in [-0.2, -0.15) is 0 Å². The molecule has 0 unspecified atom stereocenters. The SMILES string of the molecule is CCNC(=NCc1ccc(OC)c(OC)c1)NCCc1ccncc1C. The van der Waals surface area contributed by atoms with Crippen molar-refractivity contribution in [2.45, 2.75) is 26.8 Å². The van der Waals surface area contributed by atoms with Gasteiger partial charge in [-0.25, -0.2) is 4.99 Å². The number of hydrogen-bond acceptors (Lipinski definition) is 4. The third-order valence-electron chi connectivity index (χ3n) is 4.04. The van der Waals surface area contributed by atoms with Crippen molar-refractivity contribution in [2.75, 3.05) is 27.3 Å². The third kappa shape index (κ3) is 5.65. The zero-order valence-electron chi connectivity index (χ0n) is 16.0. The lowest BCUT2D eigenvalue weighted by Gasteiger charge is -2.13. The summed E-state index contributed by atoms with van der Waals surface area (Å²) in [5, 5.41) is 6.66. The minimum Gasteiger partial charge on any atom is -0.493 e. The number of ether oxygens (including phenoxy) is 2. The Morgan fingerprint density at radius 3 is 2.62 bits per heavy atom. The Bertz CT molecular complexity index is 732. The number of aliphatic imine (C=N–C) groups is 1. The van der Waals surface area contributed by atoms with Crippen molar-refractivity contribution < 1.29 is 9.47 Å². The quantitative estimate of drug-likeness (QED) is 0.562. The molecule has 0 atom stereocenters. The highest BCUT2D eigenvalue weighted by molar-refractivity contribution is 5.79. The maximum Gasteiger partial charge on any atom is 0.191 e. The van der Waals surface area contributed by atoms with Gasteiger partial charge in [0.15, 0.2) is 17.5 Å². The van der Waals surface area contributed by atoms with E-state index in [1.807, 2.05) is 30.6 Å². The summed E-state index contributed by atoms with van der Waals surface area (Å²) in [6.07, 6.45) is 4.65. The van der Waals surface area contributed by atoms with Crippen LogP contribution in [0.15, 0.2) is 41.7 Å². The summed E-state index contributed by atoms with van der Waals surface area (Å²) in [6, 6.07) is 7.90. The highest BCUT2D eigenvalue weighted by Gasteiger charge is 2.05. The van der Waals surface area contributed by atoms with Gasteiger partial charge in [0.2, 0.25) is 0 Å². The molecule has 1 aromatic heterocycles. The second-order valence-electron chi connectivity index (χ2n) is 5.86. The van der Waals surface area contributed by atoms with Crippen LogP contribution < -0.4 is 20.1 Å². The van der Waals surface area contributed by atoms with Crippen molar-refractivity contribution in [2.24, 2.45) is 4.99 Å². The summed E-state index contributed by atoms with van der Waals surface area (Å²) in [5.74, 6) is 2.23. The first-order valence-corrected chi connectivity index (χ1v) is 8.80. The highest BCUT2D eigenvalue weighted by atomic mass is 16.5. The lowest BCUT2D eigenvalue weighted by molar-refractivity contribution is 0.354. The minimum atomic E-state index is 0.559. The van der Waals surface area contributed by atoms with Crippen LogP contribution in [-0.2, 0) is 13.0 Å². The Morgan fingerprint density at radius 1 is 1.12 bits per heavy atom. The lowest BCUT2D eigenvalue weighted by atomic mass is 10.1. The van der Waals surface area contributed by atoms with Crippen molar-refractivity contribution in [1.82, 2.24) is 15.6 Å². The van der Waals surface area contributed by atoms with Gasteiger partial charge in [0.1, 0.15) is 0 Å². The standard InChI is InChI=1S/C20H28N4O2/c1-5-22-20(23-11-9-17-8-10-21-13-15(17)2)24-14-16-6-7-18(25-3)19(12-16)26-4/h6-8,10,12-13H,5,9,11,14H2,1-4H3,(H2,22,23,24). The topological polar surface area (TPSA) is 67.8 Å². The molecule has 1 aromatic carbocycles. The zero-order chi connectivity index (χ0) is 18.8. The van der Waals surface area contributed by atoms with Gasteiger partial charge >= 0.3 is 0 Å². The van der Waals surface area contributed by atoms with Crippen LogP contribution in [0, 0.1) is 6.92 Å². The van der Waals surface area contributed by atoms with Crippen LogP contribution in [0.25, 0.3) is 0 Å². The van der Waals surface area contributed by atoms with Crippen LogP contribution in [0.1, 0.15) is 23.6 Å². The summed E-state index contributed by atoms with van der Waals surface area (Å²) in [7, 11) is 3.27. The van der Waals surface area contributed by atoms with E-state index in [0.717, 1.165) is 36.8 Å². The number of nitrogens with one attached hydrogen (secondary N) is 2. The normalized spacial score (nSPS) is 11.2. The van der Waals surface area contributed by atoms with Crippen LogP contribution in [0.5, 0.6) is 11.5 Å². The molecule has 1 heterocycles. The van der Waals surface area contributed by atoms with E-state index in [4.69, 9.17) is 9.47 Å². The second kappa shape index (κ2) is 10.3. The number of aromatic nitrogens is 1. The van der Waals surface area contributed by atoms with Crippen molar-refractivity contribution in [3.8, 4) is 11.5 Å². The molecular formula is C20H28N4O2. The van der Waals surface area contributed by atoms with E-state index in [9.17, 15) is 0 Å². The van der Waals surface area contributed by atoms with Crippen LogP contribution in [-0.4, -0.2) is 38.3 Å². The minimum absolute atomic E-state index is 0.559. The van der Waals surface area contributed by atoms with Crippen molar-refractivity contribution in [1.29, 1.82) is 0 Å². The maximum atomic E-state index is 5.35. The number of pyridine rings is 1. The molecule has 6 nitrogen and oxygen atoms in total. The summed E-state index contributed by atoms with van der Waals surface area (Å²) >= 11 is 0. The molecule has 0 aliphatic heterocycles. The fraction of sp³-hybridized carbons (Fsp3) is 0.400. The zero-order valence-corrected chi connectivity index (χ0v) is 16.0. The third-order valence-corrected chi connectivity index (χ3v) is 4.04. The monoisotopic (exact) mass is 356 g/mol. The first-order chi connectivity index (χ1) is 12.7. The largest absolute Gasteiger partial charge is 0.493 e. The number of aryl methyl sites for hydroxylation is 1. The molecule has 26 heavy (non-hydrogen) atoms. The smallest absolute Gasteiger partial charge is 0.191 e. The number of methoxy groups -OCH3 is 2. The van der Waals surface area contributed by atoms with Crippen molar-refractivity contribution >= 4 is 5.96 Å². The van der Waals surface area contributed by atoms with E-state index < -0.39 is 0 Å². The van der Waals surface area contributed by atoms with Gasteiger partial charge in [-0.3, -0.25) is 4.98 Å². The van der Waals surface area contributed by atoms with E-state index in [-0.39, 0.29) is 0 Å². The molecule has 6 heteroatoms. The molecular weight excluding hydrogens is 328 g/mol. The Labute approximate surface area is 155 Å². The van der Waals surface area contributed by atoms with Crippen molar-refractivity contribution in [3.63, 3.8) is 0 Å². The Morgan fingerprint density at radius 2 is 1.92 bits per heavy atom. The lowest BCUT2D eigenvalue weighted by Crippen LogP contribution is -2.38. The first-order valence-electron chi connectivity index (χ1n) is 8.80. The van der Waals surface area contributed by atoms with Gasteiger partial charge < -0.3 is 20.1 Å². The Hall–Kier alpha value is -2.76. The average molecular weight is 356 g/mol. The summed E-state index contributed by atoms with van der Waals surface area (Å²) in [5.41, 5.74) is 3.56. The highest BCUT2D eigenvalue weighted by Crippen LogP contribution is 2.27. The molecule has 0 spiro atoms. The number of rotatable bonds is 8. The molecule has 0 fully saturated rings. The molecule has 0 bridgehead atoms. The predicted octanol–water partition coefficient (Wildman–Crippen LogP) is 2.71. The maximum absolute atomic E-state index is 5.35. The number of nitrogens with zero attached hydrogens (tertiary/aromatic N) is 2. The van der Waals surface area contributed by atoms with Gasteiger partial charge in [-0.1, -0.05) is 6.07 Å². The van der Waals surface area contributed by atoms with Gasteiger partial charge in [0, 0.05) is 25.5 Å². The van der Waals surface area contributed by atoms with E-state index in [1.54, 1.807) is 14.2 Å². The second-order valence-corrected chi connectivity index (χ2v) is 5.86. The molecule has 2 N–H and O–H groups in total. The average Bonchev–Trinajstić information content (AvgIpc) is 2.67. The van der Waals surface area contributed by atoms with Gasteiger partial charge in [0.25, 0.3) is 0 Å². The van der Waals surface area contributed by atoms with E-state index in [1.165, 1.54) is 11.1 Å². The van der Waals surface area contributed by atoms with Crippen LogP contribution in [0.4, 0.5) is 0 Å². The number of benzene rings is 1. The summed E-state index contributed by atoms with van der Waals surface area (Å²) < 4.78 is 10.6. The molecule has 0 saturated heterocycles. The molecule has 2 aromatic rings. The van der Waals surface area contributed by atoms with E-state index >= 15 is 0 Å². The first kappa shape index (κ1) is 19.6. The molecule has 0 radical (unpaired) electrons. The Kier molecular flexibility index (Phi) is 7.74. The van der Waals surface area contributed by atoms with Crippen molar-refractivity contribution in [3.05, 3.63) is 53.3 Å². The molecule has 0 amide bonds. The van der Waals surface area contributed by atoms with Gasteiger partial charge in [0.05, 0.1) is 20.8 Å². The van der Waals surface area contributed by atoms with Gasteiger partial charge in [-0.05, 0) is 55.2 Å². The molecule has 0 aliphatic rings. The van der Waals surface area contributed by atoms with Crippen LogP contribution in [0.2, 0.25) is 0 Å². The summed E-state index contributed by atoms with van der Waals surface area (Å²) in [6.45, 7) is 6.32. The van der Waals surface area contributed by atoms with E-state index in [0.29, 0.717) is 12.3 Å². The predicted molar refractivity (Wildman–Crippen MR) is 105 cm³/mol. The molecule has 140 valence electrons. The number of guanidine groups is 1. The summed E-state index contributed by atoms with van der Waals surface area (Å²) in [4.78, 5) is 8.79.